The van der Waals surface area contributed by atoms with Gasteiger partial charge < -0.3 is 20.2 Å². The third kappa shape index (κ3) is 2.92. The van der Waals surface area contributed by atoms with Gasteiger partial charge in [0.1, 0.15) is 0 Å². The predicted molar refractivity (Wildman–Crippen MR) is 76.3 cm³/mol. The van der Waals surface area contributed by atoms with Gasteiger partial charge in [0.2, 0.25) is 0 Å². The zero-order valence-electron chi connectivity index (χ0n) is 11.8. The smallest absolute Gasteiger partial charge is 0.254 e. The summed E-state index contributed by atoms with van der Waals surface area (Å²) in [6.07, 6.45) is -0.304. The van der Waals surface area contributed by atoms with Crippen molar-refractivity contribution in [3.05, 3.63) is 29.3 Å². The summed E-state index contributed by atoms with van der Waals surface area (Å²) in [6.45, 7) is 4.61. The van der Waals surface area contributed by atoms with Crippen LogP contribution in [0.15, 0.2) is 18.2 Å². The van der Waals surface area contributed by atoms with Crippen molar-refractivity contribution in [3.63, 3.8) is 0 Å². The third-order valence-corrected chi connectivity index (χ3v) is 3.60. The molecule has 0 spiro atoms. The van der Waals surface area contributed by atoms with Gasteiger partial charge in [-0.25, -0.2) is 0 Å². The molecule has 0 aromatic heterocycles. The Hall–Kier alpha value is -1.63. The molecule has 0 radical (unpaired) electrons. The summed E-state index contributed by atoms with van der Waals surface area (Å²) in [7, 11) is 0. The lowest BCUT2D eigenvalue weighted by Gasteiger charge is -2.37. The third-order valence-electron chi connectivity index (χ3n) is 3.60. The average Bonchev–Trinajstić information content (AvgIpc) is 2.47. The van der Waals surface area contributed by atoms with Gasteiger partial charge in [-0.3, -0.25) is 10.6 Å². The van der Waals surface area contributed by atoms with Gasteiger partial charge >= 0.3 is 0 Å². The highest BCUT2D eigenvalue weighted by atomic mass is 16.5. The van der Waals surface area contributed by atoms with Crippen molar-refractivity contribution in [2.24, 2.45) is 5.84 Å². The van der Waals surface area contributed by atoms with Gasteiger partial charge in [-0.2, -0.15) is 0 Å². The van der Waals surface area contributed by atoms with Crippen molar-refractivity contribution in [1.29, 1.82) is 0 Å². The van der Waals surface area contributed by atoms with E-state index in [0.717, 1.165) is 11.3 Å². The van der Waals surface area contributed by atoms with Crippen LogP contribution in [0.2, 0.25) is 0 Å². The Morgan fingerprint density at radius 2 is 2.35 bits per heavy atom. The summed E-state index contributed by atoms with van der Waals surface area (Å²) in [4.78, 5) is 14.3. The van der Waals surface area contributed by atoms with E-state index < -0.39 is 0 Å². The number of amides is 1. The maximum Gasteiger partial charge on any atom is 0.254 e. The second-order valence-corrected chi connectivity index (χ2v) is 5.12. The molecule has 110 valence electrons. The Kier molecular flexibility index (Phi) is 4.59. The Balaban J connectivity index is 2.19. The number of nitrogen functional groups attached to an aromatic ring is 1. The van der Waals surface area contributed by atoms with Crippen LogP contribution in [0, 0.1) is 6.92 Å². The molecule has 1 heterocycles. The summed E-state index contributed by atoms with van der Waals surface area (Å²) < 4.78 is 5.45. The largest absolute Gasteiger partial charge is 0.394 e. The standard InChI is InChI=1S/C14H21N3O3/c1-9-5-11(3-4-13(9)16-15)14(19)17-6-12(7-18)20-8-10(17)2/h3-5,10,12,16,18H,6-8,15H2,1-2H3. The number of carbonyl (C=O) groups excluding carboxylic acids is 1. The molecule has 1 aromatic rings. The number of nitrogens with one attached hydrogen (secondary N) is 1. The maximum atomic E-state index is 12.6. The van der Waals surface area contributed by atoms with E-state index >= 15 is 0 Å². The number of hydrazine groups is 1. The summed E-state index contributed by atoms with van der Waals surface area (Å²) in [6, 6.07) is 5.35. The Morgan fingerprint density at radius 3 is 2.95 bits per heavy atom. The van der Waals surface area contributed by atoms with Crippen molar-refractivity contribution in [1.82, 2.24) is 4.90 Å². The first-order chi connectivity index (χ1) is 9.56. The van der Waals surface area contributed by atoms with Crippen molar-refractivity contribution in [3.8, 4) is 0 Å². The molecule has 0 bridgehead atoms. The van der Waals surface area contributed by atoms with Gasteiger partial charge in [0.15, 0.2) is 0 Å². The molecule has 1 aliphatic rings. The molecule has 1 aliphatic heterocycles. The number of carbonyl (C=O) groups is 1. The number of benzene rings is 1. The molecule has 0 saturated carbocycles. The second-order valence-electron chi connectivity index (χ2n) is 5.12. The number of nitrogens with zero attached hydrogens (tertiary/aromatic N) is 1. The number of hydrogen-bond donors (Lipinski definition) is 3. The molecule has 1 saturated heterocycles. The first-order valence-electron chi connectivity index (χ1n) is 6.67. The molecule has 1 amide bonds. The highest BCUT2D eigenvalue weighted by molar-refractivity contribution is 5.95. The summed E-state index contributed by atoms with van der Waals surface area (Å²) in [5.74, 6) is 5.34. The molecule has 0 aliphatic carbocycles. The van der Waals surface area contributed by atoms with Gasteiger partial charge in [-0.1, -0.05) is 0 Å². The minimum atomic E-state index is -0.304. The first kappa shape index (κ1) is 14.8. The molecule has 2 rings (SSSR count). The topological polar surface area (TPSA) is 87.8 Å². The number of aliphatic hydroxyl groups excluding tert-OH is 1. The fraction of sp³-hybridized carbons (Fsp3) is 0.500. The number of ether oxygens (including phenoxy) is 1. The Bertz CT molecular complexity index is 493. The minimum Gasteiger partial charge on any atom is -0.394 e. The van der Waals surface area contributed by atoms with E-state index in [2.05, 4.69) is 5.43 Å². The Morgan fingerprint density at radius 1 is 1.60 bits per heavy atom. The number of morpholine rings is 1. The van der Waals surface area contributed by atoms with Gasteiger partial charge in [0.25, 0.3) is 5.91 Å². The molecule has 20 heavy (non-hydrogen) atoms. The van der Waals surface area contributed by atoms with E-state index in [4.69, 9.17) is 10.6 Å². The summed E-state index contributed by atoms with van der Waals surface area (Å²) in [5, 5.41) is 9.17. The monoisotopic (exact) mass is 279 g/mol. The lowest BCUT2D eigenvalue weighted by molar-refractivity contribution is -0.0667. The SMILES string of the molecule is Cc1cc(C(=O)N2CC(CO)OCC2C)ccc1NN. The summed E-state index contributed by atoms with van der Waals surface area (Å²) >= 11 is 0. The van der Waals surface area contributed by atoms with E-state index in [1.165, 1.54) is 0 Å². The molecular formula is C14H21N3O3. The number of hydrogen-bond acceptors (Lipinski definition) is 5. The molecule has 1 fully saturated rings. The van der Waals surface area contributed by atoms with Gasteiger partial charge in [0, 0.05) is 12.1 Å². The minimum absolute atomic E-state index is 0.00193. The number of anilines is 1. The molecule has 1 aromatic carbocycles. The Labute approximate surface area is 118 Å². The van der Waals surface area contributed by atoms with Crippen LogP contribution in [0.3, 0.4) is 0 Å². The van der Waals surface area contributed by atoms with Gasteiger partial charge in [-0.05, 0) is 37.6 Å². The molecule has 6 nitrogen and oxygen atoms in total. The van der Waals surface area contributed by atoms with Crippen LogP contribution in [0.5, 0.6) is 0 Å². The quantitative estimate of drug-likeness (QED) is 0.554. The molecule has 2 unspecified atom stereocenters. The number of nitrogens with two attached hydrogens (primary N) is 1. The number of aliphatic hydroxyl groups is 1. The van der Waals surface area contributed by atoms with E-state index in [0.29, 0.717) is 18.7 Å². The van der Waals surface area contributed by atoms with Crippen LogP contribution in [0.25, 0.3) is 0 Å². The number of rotatable bonds is 3. The molecular weight excluding hydrogens is 258 g/mol. The van der Waals surface area contributed by atoms with E-state index in [-0.39, 0.29) is 24.7 Å². The van der Waals surface area contributed by atoms with Crippen LogP contribution >= 0.6 is 0 Å². The lowest BCUT2D eigenvalue weighted by Crippen LogP contribution is -2.52. The lowest BCUT2D eigenvalue weighted by atomic mass is 10.1. The van der Waals surface area contributed by atoms with E-state index in [9.17, 15) is 9.90 Å². The zero-order chi connectivity index (χ0) is 14.7. The van der Waals surface area contributed by atoms with Crippen LogP contribution in [0.4, 0.5) is 5.69 Å². The normalized spacial score (nSPS) is 22.7. The first-order valence-corrected chi connectivity index (χ1v) is 6.67. The van der Waals surface area contributed by atoms with Crippen molar-refractivity contribution in [2.75, 3.05) is 25.2 Å². The van der Waals surface area contributed by atoms with Crippen molar-refractivity contribution < 1.29 is 14.6 Å². The van der Waals surface area contributed by atoms with Crippen LogP contribution < -0.4 is 11.3 Å². The van der Waals surface area contributed by atoms with Crippen molar-refractivity contribution in [2.45, 2.75) is 26.0 Å². The van der Waals surface area contributed by atoms with E-state index in [1.807, 2.05) is 19.9 Å². The van der Waals surface area contributed by atoms with Crippen molar-refractivity contribution >= 4 is 11.6 Å². The maximum absolute atomic E-state index is 12.6. The average molecular weight is 279 g/mol. The highest BCUT2D eigenvalue weighted by Crippen LogP contribution is 2.19. The van der Waals surface area contributed by atoms with Gasteiger partial charge in [0.05, 0.1) is 31.0 Å². The fourth-order valence-electron chi connectivity index (χ4n) is 2.34. The van der Waals surface area contributed by atoms with Gasteiger partial charge in [-0.15, -0.1) is 0 Å². The summed E-state index contributed by atoms with van der Waals surface area (Å²) in [5.41, 5.74) is 4.92. The fourth-order valence-corrected chi connectivity index (χ4v) is 2.34. The highest BCUT2D eigenvalue weighted by Gasteiger charge is 2.29. The number of aryl methyl sites for hydroxylation is 1. The molecule has 4 N–H and O–H groups in total. The molecule has 2 atom stereocenters. The van der Waals surface area contributed by atoms with Crippen LogP contribution in [0.1, 0.15) is 22.8 Å². The van der Waals surface area contributed by atoms with E-state index in [1.54, 1.807) is 17.0 Å². The predicted octanol–water partition coefficient (Wildman–Crippen LogP) is 0.502. The zero-order valence-corrected chi connectivity index (χ0v) is 11.8. The van der Waals surface area contributed by atoms with Crippen LogP contribution in [-0.4, -0.2) is 47.8 Å². The van der Waals surface area contributed by atoms with Crippen LogP contribution in [-0.2, 0) is 4.74 Å². The second kappa shape index (κ2) is 6.21. The molecule has 6 heteroatoms.